The predicted molar refractivity (Wildman–Crippen MR) is 168 cm³/mol. The van der Waals surface area contributed by atoms with E-state index in [4.69, 9.17) is 14.2 Å². The largest absolute Gasteiger partial charge is 0.497 e. The number of benzene rings is 4. The first-order valence-electron chi connectivity index (χ1n) is 14.3. The molecule has 0 aliphatic heterocycles. The lowest BCUT2D eigenvalue weighted by molar-refractivity contribution is -0.137. The molecule has 0 heterocycles. The Morgan fingerprint density at radius 2 is 1.31 bits per heavy atom. The standard InChI is InChI=1S/C35H34N2O8/c1-3-20-44-30-18-10-27(11-19-30)35(42)45-31-16-6-25(7-17-31)22-37(23-33(39)40)34(41)26-8-12-28(13-9-26)36-32(38)21-24-4-14-29(43-2)15-5-24/h4-19H,3,20-23H2,1-2H3,(H,36,38)(H,39,40). The van der Waals surface area contributed by atoms with Crippen LogP contribution in [0.5, 0.6) is 17.2 Å². The van der Waals surface area contributed by atoms with Crippen LogP contribution in [0.15, 0.2) is 97.1 Å². The normalized spacial score (nSPS) is 10.4. The number of carbonyl (C=O) groups is 4. The first-order chi connectivity index (χ1) is 21.7. The molecule has 10 heteroatoms. The molecule has 0 aromatic heterocycles. The summed E-state index contributed by atoms with van der Waals surface area (Å²) in [6.45, 7) is 2.09. The van der Waals surface area contributed by atoms with Crippen molar-refractivity contribution in [2.75, 3.05) is 25.6 Å². The van der Waals surface area contributed by atoms with Gasteiger partial charge >= 0.3 is 11.9 Å². The lowest BCUT2D eigenvalue weighted by Crippen LogP contribution is -2.35. The van der Waals surface area contributed by atoms with E-state index in [1.807, 2.05) is 19.1 Å². The molecule has 2 N–H and O–H groups in total. The van der Waals surface area contributed by atoms with Crippen molar-refractivity contribution >= 4 is 29.4 Å². The van der Waals surface area contributed by atoms with Crippen molar-refractivity contribution in [1.29, 1.82) is 0 Å². The zero-order valence-corrected chi connectivity index (χ0v) is 25.0. The highest BCUT2D eigenvalue weighted by atomic mass is 16.5. The summed E-state index contributed by atoms with van der Waals surface area (Å²) >= 11 is 0. The average molecular weight is 611 g/mol. The molecule has 0 aliphatic rings. The second-order valence-corrected chi connectivity index (χ2v) is 10.1. The van der Waals surface area contributed by atoms with E-state index in [9.17, 15) is 24.3 Å². The van der Waals surface area contributed by atoms with E-state index in [2.05, 4.69) is 5.32 Å². The molecule has 10 nitrogen and oxygen atoms in total. The molecule has 0 unspecified atom stereocenters. The van der Waals surface area contributed by atoms with Crippen LogP contribution in [0.3, 0.4) is 0 Å². The number of rotatable bonds is 14. The summed E-state index contributed by atoms with van der Waals surface area (Å²) in [4.78, 5) is 51.0. The first-order valence-corrected chi connectivity index (χ1v) is 14.3. The molecule has 4 rings (SSSR count). The monoisotopic (exact) mass is 610 g/mol. The third-order valence-electron chi connectivity index (χ3n) is 6.62. The molecule has 45 heavy (non-hydrogen) atoms. The molecular formula is C35H34N2O8. The minimum Gasteiger partial charge on any atom is -0.497 e. The SMILES string of the molecule is CCCOc1ccc(C(=O)Oc2ccc(CN(CC(=O)O)C(=O)c3ccc(NC(=O)Cc4ccc(OC)cc4)cc3)cc2)cc1. The molecule has 0 radical (unpaired) electrons. The van der Waals surface area contributed by atoms with E-state index in [0.29, 0.717) is 40.7 Å². The third-order valence-corrected chi connectivity index (χ3v) is 6.62. The average Bonchev–Trinajstić information content (AvgIpc) is 3.04. The fourth-order valence-electron chi connectivity index (χ4n) is 4.33. The number of carboxylic acids is 1. The van der Waals surface area contributed by atoms with Crippen molar-refractivity contribution < 1.29 is 38.5 Å². The summed E-state index contributed by atoms with van der Waals surface area (Å²) in [5, 5.41) is 12.2. The van der Waals surface area contributed by atoms with E-state index < -0.39 is 24.4 Å². The molecular weight excluding hydrogens is 576 g/mol. The summed E-state index contributed by atoms with van der Waals surface area (Å²) in [5.74, 6) is -0.746. The maximum absolute atomic E-state index is 13.2. The Morgan fingerprint density at radius 1 is 0.733 bits per heavy atom. The number of carbonyl (C=O) groups excluding carboxylic acids is 3. The highest BCUT2D eigenvalue weighted by Crippen LogP contribution is 2.19. The Labute approximate surface area is 261 Å². The van der Waals surface area contributed by atoms with Crippen molar-refractivity contribution in [3.8, 4) is 17.2 Å². The quantitative estimate of drug-likeness (QED) is 0.139. The van der Waals surface area contributed by atoms with Gasteiger partial charge in [-0.25, -0.2) is 4.79 Å². The maximum Gasteiger partial charge on any atom is 0.343 e. The van der Waals surface area contributed by atoms with Gasteiger partial charge in [0.15, 0.2) is 0 Å². The second-order valence-electron chi connectivity index (χ2n) is 10.1. The van der Waals surface area contributed by atoms with E-state index in [0.717, 1.165) is 12.0 Å². The minimum atomic E-state index is -1.16. The fourth-order valence-corrected chi connectivity index (χ4v) is 4.33. The van der Waals surface area contributed by atoms with Crippen molar-refractivity contribution in [1.82, 2.24) is 4.90 Å². The van der Waals surface area contributed by atoms with Gasteiger partial charge in [-0.05, 0) is 90.3 Å². The Morgan fingerprint density at radius 3 is 1.91 bits per heavy atom. The summed E-state index contributed by atoms with van der Waals surface area (Å²) in [7, 11) is 1.57. The number of esters is 1. The van der Waals surface area contributed by atoms with Crippen molar-refractivity contribution in [2.24, 2.45) is 0 Å². The lowest BCUT2D eigenvalue weighted by atomic mass is 10.1. The summed E-state index contributed by atoms with van der Waals surface area (Å²) < 4.78 is 16.1. The van der Waals surface area contributed by atoms with Gasteiger partial charge in [0.25, 0.3) is 5.91 Å². The van der Waals surface area contributed by atoms with Gasteiger partial charge in [-0.15, -0.1) is 0 Å². The van der Waals surface area contributed by atoms with Crippen LogP contribution in [0.4, 0.5) is 5.69 Å². The maximum atomic E-state index is 13.2. The molecule has 2 amide bonds. The number of amides is 2. The molecule has 0 aliphatic carbocycles. The Bertz CT molecular complexity index is 1600. The Kier molecular flexibility index (Phi) is 11.3. The van der Waals surface area contributed by atoms with Crippen LogP contribution in [0.1, 0.15) is 45.2 Å². The molecule has 232 valence electrons. The minimum absolute atomic E-state index is 0.0128. The van der Waals surface area contributed by atoms with Crippen LogP contribution >= 0.6 is 0 Å². The van der Waals surface area contributed by atoms with Gasteiger partial charge in [-0.1, -0.05) is 31.2 Å². The van der Waals surface area contributed by atoms with Gasteiger partial charge in [0.1, 0.15) is 23.8 Å². The highest BCUT2D eigenvalue weighted by Gasteiger charge is 2.20. The van der Waals surface area contributed by atoms with Crippen LogP contribution in [0, 0.1) is 0 Å². The number of aliphatic carboxylic acids is 1. The van der Waals surface area contributed by atoms with Crippen molar-refractivity contribution in [3.63, 3.8) is 0 Å². The van der Waals surface area contributed by atoms with Crippen LogP contribution in [-0.4, -0.2) is 54.0 Å². The second kappa shape index (κ2) is 15.7. The summed E-state index contributed by atoms with van der Waals surface area (Å²) in [6.07, 6.45) is 1.04. The Hall–Kier alpha value is -5.64. The number of hydrogen-bond donors (Lipinski definition) is 2. The van der Waals surface area contributed by atoms with E-state index in [1.165, 1.54) is 17.0 Å². The number of ether oxygens (including phenoxy) is 3. The zero-order chi connectivity index (χ0) is 32.2. The van der Waals surface area contributed by atoms with Gasteiger partial charge in [0.2, 0.25) is 5.91 Å². The number of nitrogens with one attached hydrogen (secondary N) is 1. The van der Waals surface area contributed by atoms with Crippen LogP contribution in [0.2, 0.25) is 0 Å². The van der Waals surface area contributed by atoms with Crippen LogP contribution in [-0.2, 0) is 22.6 Å². The molecule has 0 bridgehead atoms. The zero-order valence-electron chi connectivity index (χ0n) is 25.0. The third kappa shape index (κ3) is 9.69. The first kappa shape index (κ1) is 32.3. The number of hydrogen-bond acceptors (Lipinski definition) is 7. The van der Waals surface area contributed by atoms with Gasteiger partial charge < -0.3 is 29.5 Å². The van der Waals surface area contributed by atoms with E-state index in [1.54, 1.807) is 79.9 Å². The fraction of sp³-hybridized carbons (Fsp3) is 0.200. The number of nitrogens with zero attached hydrogens (tertiary/aromatic N) is 1. The molecule has 4 aromatic carbocycles. The molecule has 0 saturated heterocycles. The Balaban J connectivity index is 1.34. The molecule has 4 aromatic rings. The number of anilines is 1. The van der Waals surface area contributed by atoms with E-state index >= 15 is 0 Å². The van der Waals surface area contributed by atoms with Crippen LogP contribution < -0.4 is 19.5 Å². The number of methoxy groups -OCH3 is 1. The van der Waals surface area contributed by atoms with Crippen molar-refractivity contribution in [3.05, 3.63) is 119 Å². The van der Waals surface area contributed by atoms with Gasteiger partial charge in [-0.3, -0.25) is 14.4 Å². The predicted octanol–water partition coefficient (Wildman–Crippen LogP) is 5.61. The lowest BCUT2D eigenvalue weighted by Gasteiger charge is -2.21. The van der Waals surface area contributed by atoms with E-state index in [-0.39, 0.29) is 24.4 Å². The van der Waals surface area contributed by atoms with Gasteiger partial charge in [-0.2, -0.15) is 0 Å². The summed E-state index contributed by atoms with van der Waals surface area (Å²) in [5.41, 5.74) is 2.59. The number of carboxylic acid groups (broad SMARTS) is 1. The summed E-state index contributed by atoms with van der Waals surface area (Å²) in [6, 6.07) is 26.6. The molecule has 0 fully saturated rings. The topological polar surface area (TPSA) is 131 Å². The van der Waals surface area contributed by atoms with Gasteiger partial charge in [0.05, 0.1) is 25.7 Å². The smallest absolute Gasteiger partial charge is 0.343 e. The van der Waals surface area contributed by atoms with Crippen LogP contribution in [0.25, 0.3) is 0 Å². The molecule has 0 atom stereocenters. The molecule has 0 saturated carbocycles. The van der Waals surface area contributed by atoms with Crippen molar-refractivity contribution in [2.45, 2.75) is 26.3 Å². The highest BCUT2D eigenvalue weighted by molar-refractivity contribution is 5.97. The molecule has 0 spiro atoms. The van der Waals surface area contributed by atoms with Gasteiger partial charge in [0, 0.05) is 17.8 Å².